The van der Waals surface area contributed by atoms with Gasteiger partial charge in [0.15, 0.2) is 0 Å². The van der Waals surface area contributed by atoms with Gasteiger partial charge in [0.2, 0.25) is 5.91 Å². The fourth-order valence-corrected chi connectivity index (χ4v) is 2.42. The Hall–Kier alpha value is -1.27. The standard InChI is InChI=1S/C14H23F3N2O2/c1-13(2,3)10(19-12(21)14(15,16)17)11(20)18-9-7-5-4-6-8-9/h9-10H,4-8H2,1-3H3,(H,18,20)(H,19,21). The Morgan fingerprint density at radius 3 is 2.00 bits per heavy atom. The molecule has 0 bridgehead atoms. The number of rotatable bonds is 3. The van der Waals surface area contributed by atoms with E-state index in [-0.39, 0.29) is 6.04 Å². The van der Waals surface area contributed by atoms with E-state index < -0.39 is 29.4 Å². The van der Waals surface area contributed by atoms with Crippen molar-refractivity contribution in [2.24, 2.45) is 5.41 Å². The van der Waals surface area contributed by atoms with Gasteiger partial charge < -0.3 is 10.6 Å². The number of amides is 2. The fourth-order valence-electron chi connectivity index (χ4n) is 2.42. The maximum atomic E-state index is 12.4. The van der Waals surface area contributed by atoms with Crippen LogP contribution >= 0.6 is 0 Å². The van der Waals surface area contributed by atoms with Crippen LogP contribution in [-0.4, -0.2) is 30.1 Å². The average molecular weight is 308 g/mol. The van der Waals surface area contributed by atoms with Crippen molar-refractivity contribution in [2.75, 3.05) is 0 Å². The van der Waals surface area contributed by atoms with Gasteiger partial charge in [-0.25, -0.2) is 0 Å². The zero-order chi connectivity index (χ0) is 16.3. The highest BCUT2D eigenvalue weighted by Gasteiger charge is 2.43. The fraction of sp³-hybridized carbons (Fsp3) is 0.857. The number of halogens is 3. The van der Waals surface area contributed by atoms with Crippen LogP contribution in [-0.2, 0) is 9.59 Å². The summed E-state index contributed by atoms with van der Waals surface area (Å²) in [5.41, 5.74) is -0.806. The number of hydrogen-bond acceptors (Lipinski definition) is 2. The van der Waals surface area contributed by atoms with Gasteiger partial charge in [-0.05, 0) is 18.3 Å². The third-order valence-electron chi connectivity index (χ3n) is 3.61. The molecular formula is C14H23F3N2O2. The molecule has 1 aliphatic rings. The first-order valence-electron chi connectivity index (χ1n) is 7.20. The first-order chi connectivity index (χ1) is 9.51. The molecule has 0 aliphatic heterocycles. The largest absolute Gasteiger partial charge is 0.471 e. The van der Waals surface area contributed by atoms with E-state index in [0.717, 1.165) is 32.1 Å². The quantitative estimate of drug-likeness (QED) is 0.842. The van der Waals surface area contributed by atoms with Crippen LogP contribution in [0.15, 0.2) is 0 Å². The van der Waals surface area contributed by atoms with E-state index in [1.807, 2.05) is 5.32 Å². The van der Waals surface area contributed by atoms with Crippen LogP contribution in [0, 0.1) is 5.41 Å². The van der Waals surface area contributed by atoms with Crippen molar-refractivity contribution < 1.29 is 22.8 Å². The second kappa shape index (κ2) is 6.66. The Bertz CT molecular complexity index is 383. The summed E-state index contributed by atoms with van der Waals surface area (Å²) in [6.45, 7) is 4.86. The number of hydrogen-bond donors (Lipinski definition) is 2. The second-order valence-corrected chi connectivity index (χ2v) is 6.61. The van der Waals surface area contributed by atoms with Crippen molar-refractivity contribution in [1.29, 1.82) is 0 Å². The van der Waals surface area contributed by atoms with Gasteiger partial charge >= 0.3 is 12.1 Å². The molecule has 0 spiro atoms. The van der Waals surface area contributed by atoms with Gasteiger partial charge in [0, 0.05) is 6.04 Å². The van der Waals surface area contributed by atoms with Gasteiger partial charge in [-0.15, -0.1) is 0 Å². The summed E-state index contributed by atoms with van der Waals surface area (Å²) in [6, 6.07) is -1.23. The molecule has 1 unspecified atom stereocenters. The third-order valence-corrected chi connectivity index (χ3v) is 3.61. The lowest BCUT2D eigenvalue weighted by molar-refractivity contribution is -0.175. The van der Waals surface area contributed by atoms with E-state index in [2.05, 4.69) is 5.32 Å². The van der Waals surface area contributed by atoms with Crippen LogP contribution in [0.5, 0.6) is 0 Å². The SMILES string of the molecule is CC(C)(C)C(NC(=O)C(F)(F)F)C(=O)NC1CCCCC1. The highest BCUT2D eigenvalue weighted by molar-refractivity contribution is 5.90. The highest BCUT2D eigenvalue weighted by Crippen LogP contribution is 2.23. The Kier molecular flexibility index (Phi) is 5.64. The molecule has 1 saturated carbocycles. The summed E-state index contributed by atoms with van der Waals surface area (Å²) in [6.07, 6.45) is -0.222. The molecule has 1 fully saturated rings. The zero-order valence-corrected chi connectivity index (χ0v) is 12.6. The summed E-state index contributed by atoms with van der Waals surface area (Å²) >= 11 is 0. The van der Waals surface area contributed by atoms with E-state index in [4.69, 9.17) is 0 Å². The number of carbonyl (C=O) groups is 2. The van der Waals surface area contributed by atoms with Crippen molar-refractivity contribution in [3.05, 3.63) is 0 Å². The summed E-state index contributed by atoms with van der Waals surface area (Å²) < 4.78 is 37.1. The molecule has 7 heteroatoms. The minimum atomic E-state index is -4.99. The Morgan fingerprint density at radius 2 is 1.57 bits per heavy atom. The normalized spacial score (nSPS) is 19.0. The summed E-state index contributed by atoms with van der Waals surface area (Å²) in [5.74, 6) is -2.63. The molecule has 21 heavy (non-hydrogen) atoms. The monoisotopic (exact) mass is 308 g/mol. The van der Waals surface area contributed by atoms with Crippen LogP contribution < -0.4 is 10.6 Å². The molecular weight excluding hydrogens is 285 g/mol. The summed E-state index contributed by atoms with van der Waals surface area (Å²) in [5, 5.41) is 4.57. The lowest BCUT2D eigenvalue weighted by atomic mass is 9.85. The molecule has 2 amide bonds. The van der Waals surface area contributed by atoms with E-state index in [0.29, 0.717) is 0 Å². The topological polar surface area (TPSA) is 58.2 Å². The zero-order valence-electron chi connectivity index (χ0n) is 12.6. The molecule has 122 valence electrons. The van der Waals surface area contributed by atoms with Crippen LogP contribution in [0.25, 0.3) is 0 Å². The molecule has 4 nitrogen and oxygen atoms in total. The Labute approximate surface area is 122 Å². The van der Waals surface area contributed by atoms with E-state index in [1.165, 1.54) is 0 Å². The summed E-state index contributed by atoms with van der Waals surface area (Å²) in [4.78, 5) is 23.3. The van der Waals surface area contributed by atoms with Gasteiger partial charge in [-0.1, -0.05) is 40.0 Å². The molecule has 0 heterocycles. The minimum Gasteiger partial charge on any atom is -0.352 e. The maximum absolute atomic E-state index is 12.4. The van der Waals surface area contributed by atoms with E-state index >= 15 is 0 Å². The van der Waals surface area contributed by atoms with Crippen LogP contribution in [0.1, 0.15) is 52.9 Å². The van der Waals surface area contributed by atoms with Crippen molar-refractivity contribution in [3.63, 3.8) is 0 Å². The van der Waals surface area contributed by atoms with Crippen molar-refractivity contribution in [3.8, 4) is 0 Å². The first kappa shape index (κ1) is 17.8. The van der Waals surface area contributed by atoms with Crippen molar-refractivity contribution >= 4 is 11.8 Å². The molecule has 0 saturated heterocycles. The minimum absolute atomic E-state index is 0.0149. The third kappa shape index (κ3) is 5.55. The van der Waals surface area contributed by atoms with Crippen LogP contribution in [0.4, 0.5) is 13.2 Å². The molecule has 0 aromatic rings. The lowest BCUT2D eigenvalue weighted by Crippen LogP contribution is -2.57. The van der Waals surface area contributed by atoms with E-state index in [9.17, 15) is 22.8 Å². The molecule has 0 radical (unpaired) electrons. The molecule has 0 aromatic carbocycles. The molecule has 2 N–H and O–H groups in total. The average Bonchev–Trinajstić information content (AvgIpc) is 2.34. The van der Waals surface area contributed by atoms with Gasteiger partial charge in [-0.3, -0.25) is 9.59 Å². The number of alkyl halides is 3. The summed E-state index contributed by atoms with van der Waals surface area (Å²) in [7, 11) is 0. The number of nitrogens with one attached hydrogen (secondary N) is 2. The predicted octanol–water partition coefficient (Wildman–Crippen LogP) is 2.53. The molecule has 1 rings (SSSR count). The van der Waals surface area contributed by atoms with Crippen molar-refractivity contribution in [2.45, 2.75) is 71.1 Å². The Balaban J connectivity index is 2.73. The van der Waals surface area contributed by atoms with Gasteiger partial charge in [0.1, 0.15) is 6.04 Å². The predicted molar refractivity (Wildman–Crippen MR) is 72.5 cm³/mol. The molecule has 1 atom stereocenters. The van der Waals surface area contributed by atoms with E-state index in [1.54, 1.807) is 20.8 Å². The van der Waals surface area contributed by atoms with Gasteiger partial charge in [0.05, 0.1) is 0 Å². The second-order valence-electron chi connectivity index (χ2n) is 6.61. The van der Waals surface area contributed by atoms with Gasteiger partial charge in [-0.2, -0.15) is 13.2 Å². The molecule has 1 aliphatic carbocycles. The van der Waals surface area contributed by atoms with Gasteiger partial charge in [0.25, 0.3) is 0 Å². The van der Waals surface area contributed by atoms with Crippen LogP contribution in [0.3, 0.4) is 0 Å². The smallest absolute Gasteiger partial charge is 0.352 e. The lowest BCUT2D eigenvalue weighted by Gasteiger charge is -2.33. The maximum Gasteiger partial charge on any atom is 0.471 e. The van der Waals surface area contributed by atoms with Crippen molar-refractivity contribution in [1.82, 2.24) is 10.6 Å². The molecule has 0 aromatic heterocycles. The number of carbonyl (C=O) groups excluding carboxylic acids is 2. The van der Waals surface area contributed by atoms with Crippen LogP contribution in [0.2, 0.25) is 0 Å². The first-order valence-corrected chi connectivity index (χ1v) is 7.20. The Morgan fingerprint density at radius 1 is 1.05 bits per heavy atom. The highest BCUT2D eigenvalue weighted by atomic mass is 19.4.